The van der Waals surface area contributed by atoms with Gasteiger partial charge in [0, 0.05) is 19.7 Å². The van der Waals surface area contributed by atoms with E-state index in [0.717, 1.165) is 11.3 Å². The van der Waals surface area contributed by atoms with Gasteiger partial charge in [-0.1, -0.05) is 54.3 Å². The highest BCUT2D eigenvalue weighted by atomic mass is 16.5. The summed E-state index contributed by atoms with van der Waals surface area (Å²) in [5.41, 5.74) is 2.44. The molecule has 1 N–H and O–H groups in total. The molecule has 3 aromatic carbocycles. The fourth-order valence-electron chi connectivity index (χ4n) is 2.69. The number of hydrogen-bond donors (Lipinski definition) is 1. The fourth-order valence-corrected chi connectivity index (χ4v) is 2.69. The van der Waals surface area contributed by atoms with Crippen molar-refractivity contribution >= 4 is 11.6 Å². The van der Waals surface area contributed by atoms with E-state index in [1.165, 1.54) is 0 Å². The first-order valence-electron chi connectivity index (χ1n) is 9.00. The zero-order chi connectivity index (χ0) is 19.8. The smallest absolute Gasteiger partial charge is 0.255 e. The van der Waals surface area contributed by atoms with Crippen molar-refractivity contribution in [3.05, 3.63) is 90.0 Å². The summed E-state index contributed by atoms with van der Waals surface area (Å²) in [5.74, 6) is 7.11. The van der Waals surface area contributed by atoms with Gasteiger partial charge >= 0.3 is 0 Å². The second-order valence-electron chi connectivity index (χ2n) is 6.31. The van der Waals surface area contributed by atoms with Crippen LogP contribution in [0.15, 0.2) is 78.9 Å². The monoisotopic (exact) mass is 370 g/mol. The van der Waals surface area contributed by atoms with Crippen molar-refractivity contribution in [3.8, 4) is 23.3 Å². The minimum atomic E-state index is -0.221. The molecule has 4 heteroatoms. The molecule has 0 atom stereocenters. The first-order chi connectivity index (χ1) is 13.6. The molecule has 0 aliphatic heterocycles. The molecule has 0 saturated carbocycles. The summed E-state index contributed by atoms with van der Waals surface area (Å²) in [7, 11) is 3.96. The quantitative estimate of drug-likeness (QED) is 0.680. The van der Waals surface area contributed by atoms with Crippen molar-refractivity contribution in [3.63, 3.8) is 0 Å². The molecule has 0 aliphatic rings. The number of rotatable bonds is 5. The summed E-state index contributed by atoms with van der Waals surface area (Å²) in [6.07, 6.45) is 0. The predicted octanol–water partition coefficient (Wildman–Crippen LogP) is 4.33. The zero-order valence-electron chi connectivity index (χ0n) is 16.0. The standard InChI is InChI=1S/C24H22N2O2/c1-26(2)22-16-8-6-11-19(22)12-10-18-25-24(27)21-15-7-9-17-23(21)28-20-13-4-3-5-14-20/h3-9,11,13-17H,18H2,1-2H3,(H,25,27). The average molecular weight is 370 g/mol. The van der Waals surface area contributed by atoms with Gasteiger partial charge in [0.25, 0.3) is 5.91 Å². The van der Waals surface area contributed by atoms with Gasteiger partial charge in [-0.25, -0.2) is 0 Å². The van der Waals surface area contributed by atoms with Crippen molar-refractivity contribution < 1.29 is 9.53 Å². The summed E-state index contributed by atoms with van der Waals surface area (Å²) in [5, 5.41) is 2.84. The molecule has 140 valence electrons. The van der Waals surface area contributed by atoms with E-state index in [4.69, 9.17) is 4.74 Å². The first-order valence-corrected chi connectivity index (χ1v) is 9.00. The second-order valence-corrected chi connectivity index (χ2v) is 6.31. The van der Waals surface area contributed by atoms with Gasteiger partial charge in [0.05, 0.1) is 17.8 Å². The molecule has 4 nitrogen and oxygen atoms in total. The van der Waals surface area contributed by atoms with E-state index in [1.54, 1.807) is 12.1 Å². The lowest BCUT2D eigenvalue weighted by Crippen LogP contribution is -2.24. The molecule has 0 saturated heterocycles. The molecule has 0 radical (unpaired) electrons. The number of nitrogens with zero attached hydrogens (tertiary/aromatic N) is 1. The maximum atomic E-state index is 12.6. The third-order valence-electron chi connectivity index (χ3n) is 4.05. The molecule has 0 heterocycles. The molecule has 0 aliphatic carbocycles. The number of benzene rings is 3. The maximum Gasteiger partial charge on any atom is 0.255 e. The molecular weight excluding hydrogens is 348 g/mol. The highest BCUT2D eigenvalue weighted by Crippen LogP contribution is 2.24. The second kappa shape index (κ2) is 9.29. The van der Waals surface area contributed by atoms with Crippen LogP contribution in [0.5, 0.6) is 11.5 Å². The Bertz CT molecular complexity index is 1000. The zero-order valence-corrected chi connectivity index (χ0v) is 16.0. The van der Waals surface area contributed by atoms with E-state index >= 15 is 0 Å². The van der Waals surface area contributed by atoms with Crippen LogP contribution >= 0.6 is 0 Å². The van der Waals surface area contributed by atoms with Crippen molar-refractivity contribution in [1.29, 1.82) is 0 Å². The van der Waals surface area contributed by atoms with E-state index in [9.17, 15) is 4.79 Å². The van der Waals surface area contributed by atoms with E-state index < -0.39 is 0 Å². The van der Waals surface area contributed by atoms with Gasteiger partial charge in [0.2, 0.25) is 0 Å². The Hall–Kier alpha value is -3.71. The molecule has 1 amide bonds. The fraction of sp³-hybridized carbons (Fsp3) is 0.125. The Morgan fingerprint density at radius 3 is 2.39 bits per heavy atom. The minimum absolute atomic E-state index is 0.221. The number of carbonyl (C=O) groups is 1. The Labute approximate surface area is 165 Å². The Morgan fingerprint density at radius 1 is 0.929 bits per heavy atom. The highest BCUT2D eigenvalue weighted by molar-refractivity contribution is 5.97. The molecule has 0 spiro atoms. The topological polar surface area (TPSA) is 41.6 Å². The molecular formula is C24H22N2O2. The number of anilines is 1. The number of ether oxygens (including phenoxy) is 1. The van der Waals surface area contributed by atoms with Crippen molar-refractivity contribution in [2.75, 3.05) is 25.5 Å². The summed E-state index contributed by atoms with van der Waals surface area (Å²) in [4.78, 5) is 14.6. The number of hydrogen-bond acceptors (Lipinski definition) is 3. The lowest BCUT2D eigenvalue weighted by molar-refractivity contribution is 0.0956. The molecule has 3 aromatic rings. The number of amides is 1. The Kier molecular flexibility index (Phi) is 6.33. The third-order valence-corrected chi connectivity index (χ3v) is 4.05. The number of nitrogens with one attached hydrogen (secondary N) is 1. The van der Waals surface area contributed by atoms with Crippen molar-refractivity contribution in [2.24, 2.45) is 0 Å². The number of carbonyl (C=O) groups excluding carboxylic acids is 1. The number of para-hydroxylation sites is 3. The lowest BCUT2D eigenvalue weighted by atomic mass is 10.1. The van der Waals surface area contributed by atoms with Crippen LogP contribution in [-0.2, 0) is 0 Å². The van der Waals surface area contributed by atoms with Crippen molar-refractivity contribution in [1.82, 2.24) is 5.32 Å². The van der Waals surface area contributed by atoms with E-state index in [1.807, 2.05) is 85.7 Å². The first kappa shape index (κ1) is 19.1. The highest BCUT2D eigenvalue weighted by Gasteiger charge is 2.11. The summed E-state index contributed by atoms with van der Waals surface area (Å²) >= 11 is 0. The van der Waals surface area contributed by atoms with Crippen LogP contribution in [0.4, 0.5) is 5.69 Å². The van der Waals surface area contributed by atoms with Crippen LogP contribution in [0.1, 0.15) is 15.9 Å². The van der Waals surface area contributed by atoms with Gasteiger partial charge in [-0.05, 0) is 36.4 Å². The van der Waals surface area contributed by atoms with Gasteiger partial charge in [-0.2, -0.15) is 0 Å². The third kappa shape index (κ3) is 4.93. The largest absolute Gasteiger partial charge is 0.457 e. The summed E-state index contributed by atoms with van der Waals surface area (Å²) in [6, 6.07) is 24.5. The van der Waals surface area contributed by atoms with Gasteiger partial charge in [-0.15, -0.1) is 0 Å². The van der Waals surface area contributed by atoms with Gasteiger partial charge < -0.3 is 15.0 Å². The molecule has 28 heavy (non-hydrogen) atoms. The van der Waals surface area contributed by atoms with Crippen LogP contribution < -0.4 is 15.0 Å². The SMILES string of the molecule is CN(C)c1ccccc1C#CCNC(=O)c1ccccc1Oc1ccccc1. The van der Waals surface area contributed by atoms with Crippen LogP contribution in [0.3, 0.4) is 0 Å². The molecule has 0 bridgehead atoms. The van der Waals surface area contributed by atoms with Gasteiger partial charge in [0.1, 0.15) is 11.5 Å². The Morgan fingerprint density at radius 2 is 1.61 bits per heavy atom. The normalized spacial score (nSPS) is 9.79. The van der Waals surface area contributed by atoms with Crippen LogP contribution in [0.2, 0.25) is 0 Å². The lowest BCUT2D eigenvalue weighted by Gasteiger charge is -2.14. The van der Waals surface area contributed by atoms with Gasteiger partial charge in [-0.3, -0.25) is 4.79 Å². The van der Waals surface area contributed by atoms with E-state index in [0.29, 0.717) is 17.1 Å². The molecule has 0 aromatic heterocycles. The summed E-state index contributed by atoms with van der Waals surface area (Å²) < 4.78 is 5.85. The maximum absolute atomic E-state index is 12.6. The van der Waals surface area contributed by atoms with E-state index in [2.05, 4.69) is 17.2 Å². The van der Waals surface area contributed by atoms with Crippen LogP contribution in [0.25, 0.3) is 0 Å². The molecule has 0 unspecified atom stereocenters. The van der Waals surface area contributed by atoms with Crippen LogP contribution in [0, 0.1) is 11.8 Å². The minimum Gasteiger partial charge on any atom is -0.457 e. The molecule has 0 fully saturated rings. The average Bonchev–Trinajstić information content (AvgIpc) is 2.72. The molecule has 3 rings (SSSR count). The Balaban J connectivity index is 1.67. The van der Waals surface area contributed by atoms with Crippen molar-refractivity contribution in [2.45, 2.75) is 0 Å². The summed E-state index contributed by atoms with van der Waals surface area (Å²) in [6.45, 7) is 0.250. The van der Waals surface area contributed by atoms with Crippen LogP contribution in [-0.4, -0.2) is 26.5 Å². The predicted molar refractivity (Wildman–Crippen MR) is 113 cm³/mol. The van der Waals surface area contributed by atoms with E-state index in [-0.39, 0.29) is 12.5 Å². The van der Waals surface area contributed by atoms with Gasteiger partial charge in [0.15, 0.2) is 0 Å².